The zero-order chi connectivity index (χ0) is 20.4. The molecule has 2 atom stereocenters. The molecule has 2 rings (SSSR count). The molecule has 0 aliphatic heterocycles. The zero-order valence-corrected chi connectivity index (χ0v) is 16.6. The monoisotopic (exact) mass is 381 g/mol. The summed E-state index contributed by atoms with van der Waals surface area (Å²) in [4.78, 5) is 24.2. The predicted molar refractivity (Wildman–Crippen MR) is 110 cm³/mol. The van der Waals surface area contributed by atoms with Crippen LogP contribution in [0.25, 0.3) is 6.08 Å². The number of hydrogen-bond acceptors (Lipinski definition) is 4. The standard InChI is InChI=1S/C23H27NO4/c1-4-19(20-10-6-5-7-11-20)16-24-23(26)17(2)28-22(25)14-13-18-9-8-12-21(15-18)27-3/h5-15,17,19H,4,16H2,1-3H3,(H,24,26)/b14-13+/t17-,19+/m0/s1. The first-order chi connectivity index (χ1) is 13.5. The highest BCUT2D eigenvalue weighted by Crippen LogP contribution is 2.18. The Morgan fingerprint density at radius 1 is 1.11 bits per heavy atom. The van der Waals surface area contributed by atoms with E-state index in [1.54, 1.807) is 26.2 Å². The molecule has 0 saturated heterocycles. The number of benzene rings is 2. The number of rotatable bonds is 9. The first-order valence-corrected chi connectivity index (χ1v) is 9.39. The highest BCUT2D eigenvalue weighted by Gasteiger charge is 2.18. The minimum Gasteiger partial charge on any atom is -0.497 e. The topological polar surface area (TPSA) is 64.6 Å². The molecule has 1 amide bonds. The van der Waals surface area contributed by atoms with Crippen molar-refractivity contribution in [3.05, 3.63) is 71.8 Å². The molecule has 0 bridgehead atoms. The molecule has 5 nitrogen and oxygen atoms in total. The van der Waals surface area contributed by atoms with Crippen LogP contribution in [0.5, 0.6) is 5.75 Å². The van der Waals surface area contributed by atoms with Gasteiger partial charge in [0.05, 0.1) is 7.11 Å². The summed E-state index contributed by atoms with van der Waals surface area (Å²) in [5.74, 6) is 0.0475. The van der Waals surface area contributed by atoms with Gasteiger partial charge in [-0.1, -0.05) is 49.4 Å². The van der Waals surface area contributed by atoms with Gasteiger partial charge in [-0.15, -0.1) is 0 Å². The van der Waals surface area contributed by atoms with E-state index in [9.17, 15) is 9.59 Å². The SMILES string of the molecule is CC[C@H](CNC(=O)[C@H](C)OC(=O)/C=C/c1cccc(OC)c1)c1ccccc1. The first-order valence-electron chi connectivity index (χ1n) is 9.39. The Kier molecular flexibility index (Phi) is 8.28. The molecule has 0 aliphatic rings. The summed E-state index contributed by atoms with van der Waals surface area (Å²) in [5.41, 5.74) is 1.98. The number of carbonyl (C=O) groups is 2. The first kappa shape index (κ1) is 21.2. The molecule has 28 heavy (non-hydrogen) atoms. The van der Waals surface area contributed by atoms with Gasteiger partial charge >= 0.3 is 5.97 Å². The minimum absolute atomic E-state index is 0.223. The number of nitrogens with one attached hydrogen (secondary N) is 1. The van der Waals surface area contributed by atoms with E-state index in [0.717, 1.165) is 12.0 Å². The van der Waals surface area contributed by atoms with Crippen molar-refractivity contribution in [2.75, 3.05) is 13.7 Å². The van der Waals surface area contributed by atoms with Crippen molar-refractivity contribution in [1.82, 2.24) is 5.32 Å². The Bertz CT molecular complexity index is 801. The van der Waals surface area contributed by atoms with Gasteiger partial charge in [-0.05, 0) is 42.7 Å². The summed E-state index contributed by atoms with van der Waals surface area (Å²) in [7, 11) is 1.58. The summed E-state index contributed by atoms with van der Waals surface area (Å²) >= 11 is 0. The van der Waals surface area contributed by atoms with E-state index in [1.807, 2.05) is 48.5 Å². The third kappa shape index (κ3) is 6.58. The molecular weight excluding hydrogens is 354 g/mol. The number of amides is 1. The number of methoxy groups -OCH3 is 1. The lowest BCUT2D eigenvalue weighted by atomic mass is 9.96. The van der Waals surface area contributed by atoms with Crippen LogP contribution < -0.4 is 10.1 Å². The van der Waals surface area contributed by atoms with Crippen LogP contribution in [0, 0.1) is 0 Å². The van der Waals surface area contributed by atoms with Gasteiger partial charge in [-0.25, -0.2) is 4.79 Å². The molecule has 0 saturated carbocycles. The van der Waals surface area contributed by atoms with Gasteiger partial charge in [0, 0.05) is 18.5 Å². The second-order valence-electron chi connectivity index (χ2n) is 6.45. The third-order valence-corrected chi connectivity index (χ3v) is 4.45. The molecule has 148 valence electrons. The average Bonchev–Trinajstić information content (AvgIpc) is 2.73. The zero-order valence-electron chi connectivity index (χ0n) is 16.6. The van der Waals surface area contributed by atoms with Crippen LogP contribution in [-0.4, -0.2) is 31.6 Å². The van der Waals surface area contributed by atoms with Crippen molar-refractivity contribution in [2.45, 2.75) is 32.3 Å². The lowest BCUT2D eigenvalue weighted by molar-refractivity contribution is -0.150. The highest BCUT2D eigenvalue weighted by atomic mass is 16.5. The van der Waals surface area contributed by atoms with Crippen LogP contribution in [0.2, 0.25) is 0 Å². The van der Waals surface area contributed by atoms with Crippen molar-refractivity contribution in [3.63, 3.8) is 0 Å². The van der Waals surface area contributed by atoms with Crippen molar-refractivity contribution in [1.29, 1.82) is 0 Å². The smallest absolute Gasteiger partial charge is 0.331 e. The second-order valence-corrected chi connectivity index (χ2v) is 6.45. The molecule has 5 heteroatoms. The van der Waals surface area contributed by atoms with Gasteiger partial charge in [0.2, 0.25) is 0 Å². The summed E-state index contributed by atoms with van der Waals surface area (Å²) in [6, 6.07) is 17.3. The highest BCUT2D eigenvalue weighted by molar-refractivity contribution is 5.90. The van der Waals surface area contributed by atoms with Crippen LogP contribution >= 0.6 is 0 Å². The van der Waals surface area contributed by atoms with Gasteiger partial charge in [0.1, 0.15) is 5.75 Å². The number of ether oxygens (including phenoxy) is 2. The van der Waals surface area contributed by atoms with Crippen molar-refractivity contribution < 1.29 is 19.1 Å². The number of hydrogen-bond donors (Lipinski definition) is 1. The molecular formula is C23H27NO4. The third-order valence-electron chi connectivity index (χ3n) is 4.45. The van der Waals surface area contributed by atoms with Crippen LogP contribution in [0.3, 0.4) is 0 Å². The van der Waals surface area contributed by atoms with Gasteiger partial charge in [-0.3, -0.25) is 4.79 Å². The van der Waals surface area contributed by atoms with Gasteiger partial charge < -0.3 is 14.8 Å². The fourth-order valence-electron chi connectivity index (χ4n) is 2.77. The predicted octanol–water partition coefficient (Wildman–Crippen LogP) is 3.95. The Morgan fingerprint density at radius 2 is 1.86 bits per heavy atom. The van der Waals surface area contributed by atoms with E-state index in [0.29, 0.717) is 12.3 Å². The molecule has 0 spiro atoms. The second kappa shape index (κ2) is 10.9. The normalized spacial score (nSPS) is 13.0. The molecule has 0 aliphatic carbocycles. The fraction of sp³-hybridized carbons (Fsp3) is 0.304. The van der Waals surface area contributed by atoms with Gasteiger partial charge in [0.25, 0.3) is 5.91 Å². The number of esters is 1. The van der Waals surface area contributed by atoms with Crippen molar-refractivity contribution in [3.8, 4) is 5.75 Å². The van der Waals surface area contributed by atoms with Gasteiger partial charge in [0.15, 0.2) is 6.10 Å². The molecule has 2 aromatic carbocycles. The lowest BCUT2D eigenvalue weighted by Gasteiger charge is -2.18. The van der Waals surface area contributed by atoms with E-state index >= 15 is 0 Å². The van der Waals surface area contributed by atoms with Gasteiger partial charge in [-0.2, -0.15) is 0 Å². The number of carbonyl (C=O) groups excluding carboxylic acids is 2. The van der Waals surface area contributed by atoms with Crippen LogP contribution in [0.4, 0.5) is 0 Å². The summed E-state index contributed by atoms with van der Waals surface area (Å²) in [5, 5.41) is 2.87. The van der Waals surface area contributed by atoms with Crippen LogP contribution in [-0.2, 0) is 14.3 Å². The average molecular weight is 381 g/mol. The molecule has 2 aromatic rings. The summed E-state index contributed by atoms with van der Waals surface area (Å²) in [6.07, 6.45) is 2.97. The molecule has 1 N–H and O–H groups in total. The molecule has 0 heterocycles. The quantitative estimate of drug-likeness (QED) is 0.528. The molecule has 0 radical (unpaired) electrons. The maximum absolute atomic E-state index is 12.3. The van der Waals surface area contributed by atoms with Crippen LogP contribution in [0.15, 0.2) is 60.7 Å². The largest absolute Gasteiger partial charge is 0.497 e. The van der Waals surface area contributed by atoms with E-state index in [1.165, 1.54) is 11.6 Å². The maximum Gasteiger partial charge on any atom is 0.331 e. The van der Waals surface area contributed by atoms with E-state index in [2.05, 4.69) is 12.2 Å². The van der Waals surface area contributed by atoms with Crippen molar-refractivity contribution in [2.24, 2.45) is 0 Å². The van der Waals surface area contributed by atoms with E-state index in [-0.39, 0.29) is 11.8 Å². The molecule has 0 aromatic heterocycles. The Labute approximate surface area is 166 Å². The maximum atomic E-state index is 12.3. The van der Waals surface area contributed by atoms with E-state index in [4.69, 9.17) is 9.47 Å². The Morgan fingerprint density at radius 3 is 2.54 bits per heavy atom. The van der Waals surface area contributed by atoms with Crippen molar-refractivity contribution >= 4 is 18.0 Å². The lowest BCUT2D eigenvalue weighted by Crippen LogP contribution is -2.37. The van der Waals surface area contributed by atoms with E-state index < -0.39 is 12.1 Å². The Hall–Kier alpha value is -3.08. The van der Waals surface area contributed by atoms with Crippen LogP contribution in [0.1, 0.15) is 37.3 Å². The minimum atomic E-state index is -0.865. The summed E-state index contributed by atoms with van der Waals surface area (Å²) < 4.78 is 10.3. The fourth-order valence-corrected chi connectivity index (χ4v) is 2.77. The molecule has 0 unspecified atom stereocenters. The Balaban J connectivity index is 1.83. The summed E-state index contributed by atoms with van der Waals surface area (Å²) in [6.45, 7) is 4.15. The molecule has 0 fully saturated rings.